The third-order valence-corrected chi connectivity index (χ3v) is 4.83. The molecule has 1 aliphatic heterocycles. The van der Waals surface area contributed by atoms with Gasteiger partial charge in [-0.1, -0.05) is 22.0 Å². The topological polar surface area (TPSA) is 25.2 Å². The van der Waals surface area contributed by atoms with Crippen LogP contribution in [0.5, 0.6) is 0 Å². The smallest absolute Gasteiger partial charge is 0.258 e. The summed E-state index contributed by atoms with van der Waals surface area (Å²) in [7, 11) is 2.02. The molecule has 0 radical (unpaired) electrons. The highest BCUT2D eigenvalue weighted by Crippen LogP contribution is 2.33. The van der Waals surface area contributed by atoms with Crippen molar-refractivity contribution in [1.29, 1.82) is 0 Å². The Bertz CT molecular complexity index is 882. The summed E-state index contributed by atoms with van der Waals surface area (Å²) in [6, 6.07) is 14.0. The largest absolute Gasteiger partial charge is 0.351 e. The minimum atomic E-state index is 0.0709. The molecule has 104 valence electrons. The highest BCUT2D eigenvalue weighted by molar-refractivity contribution is 9.10. The molecule has 1 amide bonds. The third kappa shape index (κ3) is 1.83. The number of carbonyl (C=O) groups excluding carboxylic acids is 1. The number of hydrogen-bond acceptors (Lipinski definition) is 1. The van der Waals surface area contributed by atoms with Crippen LogP contribution in [0.15, 0.2) is 53.1 Å². The number of rotatable bonds is 1. The van der Waals surface area contributed by atoms with Gasteiger partial charge in [0.25, 0.3) is 5.91 Å². The Kier molecular flexibility index (Phi) is 2.69. The van der Waals surface area contributed by atoms with Crippen LogP contribution in [0.1, 0.15) is 15.9 Å². The van der Waals surface area contributed by atoms with Crippen molar-refractivity contribution in [3.63, 3.8) is 0 Å². The summed E-state index contributed by atoms with van der Waals surface area (Å²) in [6.07, 6.45) is 2.03. The van der Waals surface area contributed by atoms with Crippen LogP contribution in [-0.2, 0) is 13.6 Å². The van der Waals surface area contributed by atoms with Crippen molar-refractivity contribution in [2.45, 2.75) is 6.54 Å². The van der Waals surface area contributed by atoms with Crippen LogP contribution >= 0.6 is 15.9 Å². The van der Waals surface area contributed by atoms with E-state index in [-0.39, 0.29) is 5.91 Å². The molecule has 1 aromatic heterocycles. The second-order valence-corrected chi connectivity index (χ2v) is 6.18. The summed E-state index contributed by atoms with van der Waals surface area (Å²) in [6.45, 7) is 0.619. The van der Waals surface area contributed by atoms with Crippen molar-refractivity contribution in [3.8, 4) is 0 Å². The lowest BCUT2D eigenvalue weighted by atomic mass is 10.1. The number of aromatic nitrogens is 1. The van der Waals surface area contributed by atoms with E-state index >= 15 is 0 Å². The number of nitrogens with zero attached hydrogens (tertiary/aromatic N) is 2. The molecule has 4 rings (SSSR count). The van der Waals surface area contributed by atoms with Crippen LogP contribution in [0.2, 0.25) is 0 Å². The van der Waals surface area contributed by atoms with Crippen molar-refractivity contribution in [3.05, 3.63) is 64.3 Å². The maximum absolute atomic E-state index is 12.6. The van der Waals surface area contributed by atoms with Crippen LogP contribution in [0.3, 0.4) is 0 Å². The van der Waals surface area contributed by atoms with Gasteiger partial charge in [0.05, 0.1) is 6.54 Å². The van der Waals surface area contributed by atoms with Crippen molar-refractivity contribution >= 4 is 38.4 Å². The SMILES string of the molecule is Cn1ccc2cc(N3Cc4c(Br)cccc4C3=O)ccc21. The Balaban J connectivity index is 1.80. The van der Waals surface area contributed by atoms with E-state index in [1.807, 2.05) is 42.4 Å². The average molecular weight is 341 g/mol. The lowest BCUT2D eigenvalue weighted by Crippen LogP contribution is -2.22. The molecule has 0 saturated heterocycles. The van der Waals surface area contributed by atoms with Crippen LogP contribution in [0.4, 0.5) is 5.69 Å². The van der Waals surface area contributed by atoms with Crippen molar-refractivity contribution in [1.82, 2.24) is 4.57 Å². The zero-order valence-corrected chi connectivity index (χ0v) is 13.1. The maximum Gasteiger partial charge on any atom is 0.258 e. The first-order valence-corrected chi connectivity index (χ1v) is 7.59. The number of carbonyl (C=O) groups is 1. The van der Waals surface area contributed by atoms with Gasteiger partial charge in [-0.2, -0.15) is 0 Å². The number of halogens is 1. The Hall–Kier alpha value is -2.07. The van der Waals surface area contributed by atoms with Gasteiger partial charge < -0.3 is 9.47 Å². The van der Waals surface area contributed by atoms with Crippen molar-refractivity contribution < 1.29 is 4.79 Å². The summed E-state index contributed by atoms with van der Waals surface area (Å²) < 4.78 is 3.08. The van der Waals surface area contributed by atoms with Crippen molar-refractivity contribution in [2.24, 2.45) is 7.05 Å². The molecule has 2 aromatic carbocycles. The number of benzene rings is 2. The second kappa shape index (κ2) is 4.46. The molecular weight excluding hydrogens is 328 g/mol. The predicted octanol–water partition coefficient (Wildman–Crippen LogP) is 4.10. The van der Waals surface area contributed by atoms with Gasteiger partial charge in [0.1, 0.15) is 0 Å². The number of hydrogen-bond donors (Lipinski definition) is 0. The molecule has 2 heterocycles. The van der Waals surface area contributed by atoms with Crippen LogP contribution < -0.4 is 4.90 Å². The molecular formula is C17H13BrN2O. The molecule has 0 spiro atoms. The summed E-state index contributed by atoms with van der Waals surface area (Å²) >= 11 is 3.54. The zero-order valence-electron chi connectivity index (χ0n) is 11.5. The van der Waals surface area contributed by atoms with E-state index in [0.29, 0.717) is 6.54 Å². The summed E-state index contributed by atoms with van der Waals surface area (Å²) in [5.74, 6) is 0.0709. The molecule has 4 heteroatoms. The normalized spacial score (nSPS) is 14.0. The Morgan fingerprint density at radius 1 is 1.14 bits per heavy atom. The first-order chi connectivity index (χ1) is 10.1. The molecule has 0 atom stereocenters. The quantitative estimate of drug-likeness (QED) is 0.654. The molecule has 0 bridgehead atoms. The van der Waals surface area contributed by atoms with E-state index in [0.717, 1.165) is 26.7 Å². The highest BCUT2D eigenvalue weighted by atomic mass is 79.9. The van der Waals surface area contributed by atoms with E-state index < -0.39 is 0 Å². The Morgan fingerprint density at radius 3 is 2.81 bits per heavy atom. The van der Waals surface area contributed by atoms with Gasteiger partial charge in [-0.3, -0.25) is 4.79 Å². The van der Waals surface area contributed by atoms with E-state index in [2.05, 4.69) is 38.7 Å². The molecule has 0 saturated carbocycles. The monoisotopic (exact) mass is 340 g/mol. The average Bonchev–Trinajstić information content (AvgIpc) is 3.02. The maximum atomic E-state index is 12.6. The molecule has 0 fully saturated rings. The molecule has 0 aliphatic carbocycles. The van der Waals surface area contributed by atoms with Crippen LogP contribution in [0.25, 0.3) is 10.9 Å². The minimum Gasteiger partial charge on any atom is -0.351 e. The summed E-state index contributed by atoms with van der Waals surface area (Å²) in [4.78, 5) is 14.4. The fraction of sp³-hybridized carbons (Fsp3) is 0.118. The van der Waals surface area contributed by atoms with Crippen molar-refractivity contribution in [2.75, 3.05) is 4.90 Å². The lowest BCUT2D eigenvalue weighted by Gasteiger charge is -2.16. The Labute approximate surface area is 130 Å². The Morgan fingerprint density at radius 2 is 2.00 bits per heavy atom. The summed E-state index contributed by atoms with van der Waals surface area (Å²) in [5.41, 5.74) is 3.97. The van der Waals surface area contributed by atoms with Gasteiger partial charge in [-0.05, 0) is 42.0 Å². The van der Waals surface area contributed by atoms with Gasteiger partial charge >= 0.3 is 0 Å². The molecule has 21 heavy (non-hydrogen) atoms. The zero-order chi connectivity index (χ0) is 14.6. The fourth-order valence-electron chi connectivity index (χ4n) is 2.94. The molecule has 0 unspecified atom stereocenters. The van der Waals surface area contributed by atoms with Crippen LogP contribution in [-0.4, -0.2) is 10.5 Å². The first-order valence-electron chi connectivity index (χ1n) is 6.79. The van der Waals surface area contributed by atoms with Gasteiger partial charge in [0.15, 0.2) is 0 Å². The third-order valence-electron chi connectivity index (χ3n) is 4.09. The van der Waals surface area contributed by atoms with Crippen LogP contribution in [0, 0.1) is 0 Å². The highest BCUT2D eigenvalue weighted by Gasteiger charge is 2.29. The first kappa shape index (κ1) is 12.7. The molecule has 3 aromatic rings. The van der Waals surface area contributed by atoms with Gasteiger partial charge in [0.2, 0.25) is 0 Å². The number of aryl methyl sites for hydroxylation is 1. The summed E-state index contributed by atoms with van der Waals surface area (Å²) in [5, 5.41) is 1.15. The molecule has 1 aliphatic rings. The number of fused-ring (bicyclic) bond motifs is 2. The lowest BCUT2D eigenvalue weighted by molar-refractivity contribution is 0.0996. The number of amides is 1. The van der Waals surface area contributed by atoms with E-state index in [9.17, 15) is 4.79 Å². The fourth-order valence-corrected chi connectivity index (χ4v) is 3.43. The van der Waals surface area contributed by atoms with E-state index in [1.165, 1.54) is 5.52 Å². The van der Waals surface area contributed by atoms with Gasteiger partial charge in [-0.25, -0.2) is 0 Å². The van der Waals surface area contributed by atoms with Gasteiger partial charge in [-0.15, -0.1) is 0 Å². The second-order valence-electron chi connectivity index (χ2n) is 5.33. The molecule has 0 N–H and O–H groups in total. The predicted molar refractivity (Wildman–Crippen MR) is 87.6 cm³/mol. The minimum absolute atomic E-state index is 0.0709. The number of anilines is 1. The van der Waals surface area contributed by atoms with Gasteiger partial charge in [0, 0.05) is 39.9 Å². The van der Waals surface area contributed by atoms with E-state index in [4.69, 9.17) is 0 Å². The standard InChI is InChI=1S/C17H13BrN2O/c1-19-8-7-11-9-12(5-6-16(11)19)20-10-14-13(17(20)21)3-2-4-15(14)18/h2-9H,10H2,1H3. The van der Waals surface area contributed by atoms with E-state index in [1.54, 1.807) is 0 Å². The molecule has 3 nitrogen and oxygen atoms in total.